The van der Waals surface area contributed by atoms with Crippen LogP contribution in [-0.4, -0.2) is 44.7 Å². The summed E-state index contributed by atoms with van der Waals surface area (Å²) in [4.78, 5) is 24.8. The Kier molecular flexibility index (Phi) is 4.37. The van der Waals surface area contributed by atoms with E-state index in [-0.39, 0.29) is 18.5 Å². The molecule has 1 aromatic heterocycles. The highest BCUT2D eigenvalue weighted by Gasteiger charge is 2.25. The van der Waals surface area contributed by atoms with Gasteiger partial charge in [0.2, 0.25) is 0 Å². The molecule has 2 aromatic rings. The lowest BCUT2D eigenvalue weighted by atomic mass is 10.1. The molecule has 0 bridgehead atoms. The molecule has 0 atom stereocenters. The molecule has 0 aliphatic rings. The van der Waals surface area contributed by atoms with Crippen LogP contribution < -0.4 is 0 Å². The molecule has 6 nitrogen and oxygen atoms in total. The van der Waals surface area contributed by atoms with Gasteiger partial charge in [-0.2, -0.15) is 5.10 Å². The fourth-order valence-corrected chi connectivity index (χ4v) is 2.06. The number of carboxylic acids is 1. The zero-order valence-electron chi connectivity index (χ0n) is 11.9. The van der Waals surface area contributed by atoms with Gasteiger partial charge >= 0.3 is 5.97 Å². The molecule has 0 unspecified atom stereocenters. The van der Waals surface area contributed by atoms with Crippen molar-refractivity contribution >= 4 is 11.9 Å². The average Bonchev–Trinajstić information content (AvgIpc) is 2.94. The van der Waals surface area contributed by atoms with E-state index < -0.39 is 5.97 Å². The Morgan fingerprint density at radius 3 is 2.52 bits per heavy atom. The number of carbonyl (C=O) groups excluding carboxylic acids is 1. The minimum Gasteiger partial charge on any atom is -0.480 e. The Morgan fingerprint density at radius 2 is 1.95 bits per heavy atom. The third-order valence-electron chi connectivity index (χ3n) is 3.12. The van der Waals surface area contributed by atoms with E-state index >= 15 is 0 Å². The van der Waals surface area contributed by atoms with Crippen molar-refractivity contribution in [3.8, 4) is 11.3 Å². The largest absolute Gasteiger partial charge is 0.480 e. The summed E-state index contributed by atoms with van der Waals surface area (Å²) in [6.07, 6.45) is 1.43. The lowest BCUT2D eigenvalue weighted by Gasteiger charge is -2.24. The second kappa shape index (κ2) is 6.21. The number of benzene rings is 1. The van der Waals surface area contributed by atoms with Crippen LogP contribution in [0.3, 0.4) is 0 Å². The molecule has 1 heterocycles. The van der Waals surface area contributed by atoms with Gasteiger partial charge in [-0.15, -0.1) is 0 Å². The van der Waals surface area contributed by atoms with E-state index in [0.717, 1.165) is 5.56 Å². The monoisotopic (exact) mass is 287 g/mol. The second-order valence-corrected chi connectivity index (χ2v) is 4.95. The van der Waals surface area contributed by atoms with Crippen molar-refractivity contribution in [2.45, 2.75) is 19.9 Å². The summed E-state index contributed by atoms with van der Waals surface area (Å²) < 4.78 is 0. The Balaban J connectivity index is 2.36. The van der Waals surface area contributed by atoms with Gasteiger partial charge in [0.1, 0.15) is 6.54 Å². The maximum atomic E-state index is 12.6. The SMILES string of the molecule is CC(C)N(CC(=O)O)C(=O)c1cn[nH]c1-c1ccccc1. The number of hydrogen-bond acceptors (Lipinski definition) is 3. The first kappa shape index (κ1) is 14.8. The zero-order chi connectivity index (χ0) is 15.4. The smallest absolute Gasteiger partial charge is 0.323 e. The van der Waals surface area contributed by atoms with E-state index in [9.17, 15) is 9.59 Å². The van der Waals surface area contributed by atoms with Crippen molar-refractivity contribution in [3.05, 3.63) is 42.1 Å². The molecular formula is C15H17N3O3. The maximum absolute atomic E-state index is 12.6. The number of rotatable bonds is 5. The minimum absolute atomic E-state index is 0.216. The van der Waals surface area contributed by atoms with Crippen LogP contribution >= 0.6 is 0 Å². The van der Waals surface area contributed by atoms with Crippen LogP contribution in [0.4, 0.5) is 0 Å². The number of H-pyrrole nitrogens is 1. The number of carbonyl (C=O) groups is 2. The lowest BCUT2D eigenvalue weighted by Crippen LogP contribution is -2.40. The number of aromatic nitrogens is 2. The summed E-state index contributed by atoms with van der Waals surface area (Å²) in [7, 11) is 0. The first-order valence-corrected chi connectivity index (χ1v) is 6.62. The van der Waals surface area contributed by atoms with Gasteiger partial charge in [0, 0.05) is 11.6 Å². The molecular weight excluding hydrogens is 270 g/mol. The Morgan fingerprint density at radius 1 is 1.29 bits per heavy atom. The molecule has 0 saturated carbocycles. The number of hydrogen-bond donors (Lipinski definition) is 2. The number of aliphatic carboxylic acids is 1. The molecule has 0 radical (unpaired) electrons. The predicted molar refractivity (Wildman–Crippen MR) is 77.8 cm³/mol. The fourth-order valence-electron chi connectivity index (χ4n) is 2.06. The van der Waals surface area contributed by atoms with Crippen molar-refractivity contribution in [1.82, 2.24) is 15.1 Å². The Bertz CT molecular complexity index is 635. The third-order valence-corrected chi connectivity index (χ3v) is 3.12. The fraction of sp³-hybridized carbons (Fsp3) is 0.267. The third kappa shape index (κ3) is 3.28. The van der Waals surface area contributed by atoms with Gasteiger partial charge < -0.3 is 10.0 Å². The van der Waals surface area contributed by atoms with Crippen LogP contribution in [0.25, 0.3) is 11.3 Å². The van der Waals surface area contributed by atoms with Gasteiger partial charge in [0.25, 0.3) is 5.91 Å². The molecule has 6 heteroatoms. The summed E-state index contributed by atoms with van der Waals surface area (Å²) in [6.45, 7) is 3.22. The topological polar surface area (TPSA) is 86.3 Å². The Labute approximate surface area is 122 Å². The molecule has 2 N–H and O–H groups in total. The standard InChI is InChI=1S/C15H17N3O3/c1-10(2)18(9-13(19)20)15(21)12-8-16-17-14(12)11-6-4-3-5-7-11/h3-8,10H,9H2,1-2H3,(H,16,17)(H,19,20). The number of carboxylic acid groups (broad SMARTS) is 1. The molecule has 0 saturated heterocycles. The molecule has 2 rings (SSSR count). The van der Waals surface area contributed by atoms with Crippen LogP contribution in [0.2, 0.25) is 0 Å². The van der Waals surface area contributed by atoms with Crippen molar-refractivity contribution in [3.63, 3.8) is 0 Å². The van der Waals surface area contributed by atoms with Crippen LogP contribution in [-0.2, 0) is 4.79 Å². The van der Waals surface area contributed by atoms with E-state index in [1.165, 1.54) is 11.1 Å². The van der Waals surface area contributed by atoms with E-state index in [2.05, 4.69) is 10.2 Å². The van der Waals surface area contributed by atoms with Gasteiger partial charge in [0.05, 0.1) is 17.5 Å². The molecule has 0 aliphatic heterocycles. The van der Waals surface area contributed by atoms with Crippen LogP contribution in [0.5, 0.6) is 0 Å². The maximum Gasteiger partial charge on any atom is 0.323 e. The number of aromatic amines is 1. The summed E-state index contributed by atoms with van der Waals surface area (Å²) in [5.74, 6) is -1.39. The highest BCUT2D eigenvalue weighted by atomic mass is 16.4. The summed E-state index contributed by atoms with van der Waals surface area (Å²) in [5.41, 5.74) is 1.80. The van der Waals surface area contributed by atoms with Crippen molar-refractivity contribution in [2.75, 3.05) is 6.54 Å². The number of nitrogens with one attached hydrogen (secondary N) is 1. The average molecular weight is 287 g/mol. The van der Waals surface area contributed by atoms with Crippen LogP contribution in [0.1, 0.15) is 24.2 Å². The minimum atomic E-state index is -1.04. The number of amides is 1. The van der Waals surface area contributed by atoms with Gasteiger partial charge in [-0.1, -0.05) is 30.3 Å². The first-order chi connectivity index (χ1) is 10.0. The summed E-state index contributed by atoms with van der Waals surface area (Å²) in [6, 6.07) is 9.12. The molecule has 1 aromatic carbocycles. The molecule has 0 aliphatic carbocycles. The molecule has 110 valence electrons. The van der Waals surface area contributed by atoms with Gasteiger partial charge in [-0.3, -0.25) is 14.7 Å². The van der Waals surface area contributed by atoms with E-state index in [1.54, 1.807) is 13.8 Å². The molecule has 1 amide bonds. The van der Waals surface area contributed by atoms with E-state index in [0.29, 0.717) is 11.3 Å². The summed E-state index contributed by atoms with van der Waals surface area (Å²) in [5, 5.41) is 15.7. The highest BCUT2D eigenvalue weighted by Crippen LogP contribution is 2.22. The van der Waals surface area contributed by atoms with E-state index in [1.807, 2.05) is 30.3 Å². The zero-order valence-corrected chi connectivity index (χ0v) is 11.9. The highest BCUT2D eigenvalue weighted by molar-refractivity contribution is 6.01. The second-order valence-electron chi connectivity index (χ2n) is 4.95. The van der Waals surface area contributed by atoms with Crippen molar-refractivity contribution in [1.29, 1.82) is 0 Å². The predicted octanol–water partition coefficient (Wildman–Crippen LogP) is 2.01. The van der Waals surface area contributed by atoms with Crippen molar-refractivity contribution in [2.24, 2.45) is 0 Å². The van der Waals surface area contributed by atoms with Crippen molar-refractivity contribution < 1.29 is 14.7 Å². The normalized spacial score (nSPS) is 10.6. The van der Waals surface area contributed by atoms with E-state index in [4.69, 9.17) is 5.11 Å². The lowest BCUT2D eigenvalue weighted by molar-refractivity contribution is -0.138. The first-order valence-electron chi connectivity index (χ1n) is 6.62. The van der Waals surface area contributed by atoms with Gasteiger partial charge in [0.15, 0.2) is 0 Å². The summed E-state index contributed by atoms with van der Waals surface area (Å²) >= 11 is 0. The van der Waals surface area contributed by atoms with Crippen LogP contribution in [0.15, 0.2) is 36.5 Å². The van der Waals surface area contributed by atoms with Gasteiger partial charge in [-0.05, 0) is 13.8 Å². The molecule has 21 heavy (non-hydrogen) atoms. The number of nitrogens with zero attached hydrogens (tertiary/aromatic N) is 2. The van der Waals surface area contributed by atoms with Gasteiger partial charge in [-0.25, -0.2) is 0 Å². The molecule has 0 spiro atoms. The quantitative estimate of drug-likeness (QED) is 0.880. The Hall–Kier alpha value is -2.63. The van der Waals surface area contributed by atoms with Crippen LogP contribution in [0, 0.1) is 0 Å². The molecule has 0 fully saturated rings.